The summed E-state index contributed by atoms with van der Waals surface area (Å²) >= 11 is 0. The van der Waals surface area contributed by atoms with Gasteiger partial charge in [-0.3, -0.25) is 0 Å². The average Bonchev–Trinajstić information content (AvgIpc) is 2.85. The van der Waals surface area contributed by atoms with Crippen LogP contribution in [0.5, 0.6) is 0 Å². The topological polar surface area (TPSA) is 59.6 Å². The minimum atomic E-state index is -1.03. The van der Waals surface area contributed by atoms with Gasteiger partial charge in [-0.2, -0.15) is 0 Å². The van der Waals surface area contributed by atoms with Crippen molar-refractivity contribution in [1.29, 1.82) is 0 Å². The fourth-order valence-corrected chi connectivity index (χ4v) is 2.96. The Hall–Kier alpha value is -2.45. The predicted molar refractivity (Wildman–Crippen MR) is 111 cm³/mol. The van der Waals surface area contributed by atoms with Crippen molar-refractivity contribution >= 4 is 30.0 Å². The van der Waals surface area contributed by atoms with E-state index in [9.17, 15) is 13.6 Å². The van der Waals surface area contributed by atoms with Crippen molar-refractivity contribution < 1.29 is 22.9 Å². The Morgan fingerprint density at radius 2 is 1.66 bits per heavy atom. The molecule has 0 spiro atoms. The number of anilines is 2. The largest absolute Gasteiger partial charge is 0.497 e. The van der Waals surface area contributed by atoms with E-state index in [0.717, 1.165) is 24.1 Å². The SMILES string of the molecule is CCc1cccc(NC(=O)Nc2cc(F)c(B3OC(C)(C)C(C)(C)O3)cc2F)c1. The van der Waals surface area contributed by atoms with Crippen LogP contribution in [0.25, 0.3) is 0 Å². The highest BCUT2D eigenvalue weighted by Gasteiger charge is 2.52. The average molecular weight is 402 g/mol. The summed E-state index contributed by atoms with van der Waals surface area (Å²) in [6.45, 7) is 9.31. The van der Waals surface area contributed by atoms with Crippen molar-refractivity contribution in [2.45, 2.75) is 52.2 Å². The summed E-state index contributed by atoms with van der Waals surface area (Å²) in [5, 5.41) is 4.96. The number of carbonyl (C=O) groups is 1. The number of rotatable bonds is 4. The summed E-state index contributed by atoms with van der Waals surface area (Å²) in [4.78, 5) is 12.2. The van der Waals surface area contributed by atoms with Gasteiger partial charge < -0.3 is 19.9 Å². The molecule has 1 aliphatic heterocycles. The Morgan fingerprint density at radius 3 is 2.28 bits per heavy atom. The maximum atomic E-state index is 14.7. The van der Waals surface area contributed by atoms with Crippen LogP contribution in [0, 0.1) is 11.6 Å². The second-order valence-electron chi connectivity index (χ2n) is 8.07. The molecule has 0 atom stereocenters. The second-order valence-corrected chi connectivity index (χ2v) is 8.07. The molecule has 0 unspecified atom stereocenters. The summed E-state index contributed by atoms with van der Waals surface area (Å²) in [7, 11) is -1.03. The second kappa shape index (κ2) is 7.76. The van der Waals surface area contributed by atoms with E-state index in [0.29, 0.717) is 5.69 Å². The fourth-order valence-electron chi connectivity index (χ4n) is 2.96. The highest BCUT2D eigenvalue weighted by molar-refractivity contribution is 6.62. The van der Waals surface area contributed by atoms with Crippen molar-refractivity contribution in [1.82, 2.24) is 0 Å². The van der Waals surface area contributed by atoms with Gasteiger partial charge in [-0.1, -0.05) is 19.1 Å². The molecule has 0 aliphatic carbocycles. The lowest BCUT2D eigenvalue weighted by Crippen LogP contribution is -2.41. The van der Waals surface area contributed by atoms with Crippen molar-refractivity contribution in [3.05, 3.63) is 53.6 Å². The Labute approximate surface area is 169 Å². The highest BCUT2D eigenvalue weighted by atomic mass is 19.1. The Kier molecular flexibility index (Phi) is 5.69. The van der Waals surface area contributed by atoms with Gasteiger partial charge in [-0.15, -0.1) is 0 Å². The lowest BCUT2D eigenvalue weighted by Gasteiger charge is -2.32. The lowest BCUT2D eigenvalue weighted by atomic mass is 9.78. The smallest absolute Gasteiger partial charge is 0.399 e. The quantitative estimate of drug-likeness (QED) is 0.742. The van der Waals surface area contributed by atoms with Crippen LogP contribution in [0.2, 0.25) is 0 Å². The van der Waals surface area contributed by atoms with E-state index >= 15 is 0 Å². The molecule has 2 aromatic rings. The van der Waals surface area contributed by atoms with E-state index in [1.807, 2.05) is 52.8 Å². The summed E-state index contributed by atoms with van der Waals surface area (Å²) in [6.07, 6.45) is 0.817. The summed E-state index contributed by atoms with van der Waals surface area (Å²) in [5.74, 6) is -1.51. The number of nitrogens with one attached hydrogen (secondary N) is 2. The zero-order valence-corrected chi connectivity index (χ0v) is 17.2. The van der Waals surface area contributed by atoms with Gasteiger partial charge in [0, 0.05) is 17.2 Å². The van der Waals surface area contributed by atoms with Crippen LogP contribution in [0.4, 0.5) is 25.0 Å². The Bertz CT molecular complexity index is 918. The van der Waals surface area contributed by atoms with Crippen LogP contribution in [0.1, 0.15) is 40.2 Å². The van der Waals surface area contributed by atoms with Crippen LogP contribution in [-0.4, -0.2) is 24.4 Å². The normalized spacial score (nSPS) is 17.3. The van der Waals surface area contributed by atoms with Gasteiger partial charge in [0.25, 0.3) is 0 Å². The van der Waals surface area contributed by atoms with Gasteiger partial charge in [-0.25, -0.2) is 13.6 Å². The van der Waals surface area contributed by atoms with Crippen LogP contribution < -0.4 is 16.1 Å². The molecule has 8 heteroatoms. The number of benzene rings is 2. The van der Waals surface area contributed by atoms with Gasteiger partial charge >= 0.3 is 13.1 Å². The van der Waals surface area contributed by atoms with Gasteiger partial charge in [0.1, 0.15) is 11.6 Å². The first kappa shape index (κ1) is 21.3. The number of hydrogen-bond acceptors (Lipinski definition) is 3. The highest BCUT2D eigenvalue weighted by Crippen LogP contribution is 2.36. The summed E-state index contributed by atoms with van der Waals surface area (Å²) in [6, 6.07) is 8.54. The van der Waals surface area contributed by atoms with Gasteiger partial charge in [0.2, 0.25) is 0 Å². The Balaban J connectivity index is 1.75. The monoisotopic (exact) mass is 402 g/mol. The molecule has 0 aromatic heterocycles. The van der Waals surface area contributed by atoms with E-state index in [2.05, 4.69) is 10.6 Å². The third-order valence-electron chi connectivity index (χ3n) is 5.43. The molecular weight excluding hydrogens is 377 g/mol. The molecule has 0 saturated carbocycles. The molecule has 154 valence electrons. The van der Waals surface area contributed by atoms with Crippen LogP contribution in [-0.2, 0) is 15.7 Å². The van der Waals surface area contributed by atoms with Crippen molar-refractivity contribution in [3.8, 4) is 0 Å². The first-order valence-corrected chi connectivity index (χ1v) is 9.54. The number of amides is 2. The number of aryl methyl sites for hydroxylation is 1. The van der Waals surface area contributed by atoms with E-state index < -0.39 is 36.0 Å². The van der Waals surface area contributed by atoms with Gasteiger partial charge in [-0.05, 0) is 57.9 Å². The molecular formula is C21H25BF2N2O3. The number of urea groups is 1. The molecule has 29 heavy (non-hydrogen) atoms. The van der Waals surface area contributed by atoms with Crippen LogP contribution in [0.15, 0.2) is 36.4 Å². The number of carbonyl (C=O) groups excluding carboxylic acids is 1. The van der Waals surface area contributed by atoms with Crippen LogP contribution >= 0.6 is 0 Å². The standard InChI is InChI=1S/C21H25BF2N2O3/c1-6-13-8-7-9-14(10-13)25-19(27)26-18-12-16(23)15(11-17(18)24)22-28-20(2,3)21(4,5)29-22/h7-12H,6H2,1-5H3,(H2,25,26,27). The molecule has 1 aliphatic rings. The molecule has 1 saturated heterocycles. The number of hydrogen-bond donors (Lipinski definition) is 2. The number of halogens is 2. The first-order valence-electron chi connectivity index (χ1n) is 9.54. The molecule has 5 nitrogen and oxygen atoms in total. The van der Waals surface area contributed by atoms with Crippen molar-refractivity contribution in [2.75, 3.05) is 10.6 Å². The third kappa shape index (κ3) is 4.43. The van der Waals surface area contributed by atoms with E-state index in [4.69, 9.17) is 9.31 Å². The fraction of sp³-hybridized carbons (Fsp3) is 0.381. The van der Waals surface area contributed by atoms with Crippen molar-refractivity contribution in [2.24, 2.45) is 0 Å². The molecule has 2 aromatic carbocycles. The molecule has 3 rings (SSSR count). The maximum absolute atomic E-state index is 14.7. The van der Waals surface area contributed by atoms with E-state index in [1.165, 1.54) is 0 Å². The van der Waals surface area contributed by atoms with E-state index in [1.54, 1.807) is 6.07 Å². The Morgan fingerprint density at radius 1 is 1.00 bits per heavy atom. The molecule has 1 fully saturated rings. The zero-order valence-electron chi connectivity index (χ0n) is 17.2. The first-order chi connectivity index (χ1) is 13.5. The summed E-state index contributed by atoms with van der Waals surface area (Å²) in [5.41, 5.74) is -0.0625. The lowest BCUT2D eigenvalue weighted by molar-refractivity contribution is 0.00578. The molecule has 1 heterocycles. The van der Waals surface area contributed by atoms with E-state index in [-0.39, 0.29) is 11.2 Å². The molecule has 0 bridgehead atoms. The summed E-state index contributed by atoms with van der Waals surface area (Å²) < 4.78 is 40.8. The zero-order chi connectivity index (χ0) is 21.4. The minimum Gasteiger partial charge on any atom is -0.399 e. The molecule has 0 radical (unpaired) electrons. The van der Waals surface area contributed by atoms with Gasteiger partial charge in [0.05, 0.1) is 16.9 Å². The maximum Gasteiger partial charge on any atom is 0.497 e. The predicted octanol–water partition coefficient (Wildman–Crippen LogP) is 4.47. The van der Waals surface area contributed by atoms with Crippen molar-refractivity contribution in [3.63, 3.8) is 0 Å². The van der Waals surface area contributed by atoms with Gasteiger partial charge in [0.15, 0.2) is 0 Å². The molecule has 2 N–H and O–H groups in total. The third-order valence-corrected chi connectivity index (χ3v) is 5.43. The molecule has 2 amide bonds. The minimum absolute atomic E-state index is 0.0530. The van der Waals surface area contributed by atoms with Crippen LogP contribution in [0.3, 0.4) is 0 Å².